The molecule has 1 fully saturated rings. The lowest BCUT2D eigenvalue weighted by atomic mass is 9.82. The molecule has 1 unspecified atom stereocenters. The first-order chi connectivity index (χ1) is 8.54. The van der Waals surface area contributed by atoms with Crippen molar-refractivity contribution in [2.75, 3.05) is 6.54 Å². The van der Waals surface area contributed by atoms with Gasteiger partial charge in [0.05, 0.1) is 12.0 Å². The average molecular weight is 252 g/mol. The van der Waals surface area contributed by atoms with Crippen molar-refractivity contribution >= 4 is 11.9 Å². The van der Waals surface area contributed by atoms with E-state index in [-0.39, 0.29) is 18.2 Å². The third-order valence-corrected chi connectivity index (χ3v) is 3.44. The van der Waals surface area contributed by atoms with E-state index in [1.807, 2.05) is 0 Å². The van der Waals surface area contributed by atoms with E-state index >= 15 is 0 Å². The second kappa shape index (κ2) is 7.02. The first-order valence-electron chi connectivity index (χ1n) is 6.24. The van der Waals surface area contributed by atoms with Crippen molar-refractivity contribution in [2.45, 2.75) is 38.1 Å². The molecule has 1 atom stereocenters. The highest BCUT2D eigenvalue weighted by atomic mass is 16.4. The molecule has 4 N–H and O–H groups in total. The molecule has 0 heterocycles. The molecule has 0 radical (unpaired) electrons. The fourth-order valence-corrected chi connectivity index (χ4v) is 2.21. The van der Waals surface area contributed by atoms with Crippen molar-refractivity contribution in [1.29, 1.82) is 0 Å². The number of nitrogens with two attached hydrogens (primary N) is 1. The molecule has 18 heavy (non-hydrogen) atoms. The van der Waals surface area contributed by atoms with Crippen LogP contribution in [0.3, 0.4) is 0 Å². The quantitative estimate of drug-likeness (QED) is 0.615. The summed E-state index contributed by atoms with van der Waals surface area (Å²) < 4.78 is 0. The van der Waals surface area contributed by atoms with E-state index in [0.29, 0.717) is 25.3 Å². The highest BCUT2D eigenvalue weighted by Gasteiger charge is 2.26. The Morgan fingerprint density at radius 1 is 1.39 bits per heavy atom. The summed E-state index contributed by atoms with van der Waals surface area (Å²) in [6, 6.07) is -0.648. The maximum absolute atomic E-state index is 11.5. The Bertz CT molecular complexity index is 341. The molecule has 1 amide bonds. The van der Waals surface area contributed by atoms with Gasteiger partial charge in [-0.1, -0.05) is 0 Å². The molecule has 0 spiro atoms. The lowest BCUT2D eigenvalue weighted by Crippen LogP contribution is -2.42. The number of amides is 1. The van der Waals surface area contributed by atoms with Crippen LogP contribution in [-0.4, -0.2) is 29.6 Å². The smallest absolute Gasteiger partial charge is 0.306 e. The zero-order chi connectivity index (χ0) is 13.5. The Balaban J connectivity index is 2.24. The van der Waals surface area contributed by atoms with Crippen LogP contribution >= 0.6 is 0 Å². The number of aliphatic carboxylic acids is 1. The first-order valence-corrected chi connectivity index (χ1v) is 6.24. The minimum Gasteiger partial charge on any atom is -0.481 e. The molecule has 0 aliphatic heterocycles. The summed E-state index contributed by atoms with van der Waals surface area (Å²) in [6.07, 6.45) is 8.36. The van der Waals surface area contributed by atoms with Crippen molar-refractivity contribution in [3.05, 3.63) is 0 Å². The molecule has 0 aromatic rings. The van der Waals surface area contributed by atoms with E-state index < -0.39 is 12.0 Å². The number of hydrogen-bond acceptors (Lipinski definition) is 3. The van der Waals surface area contributed by atoms with E-state index in [0.717, 1.165) is 12.8 Å². The minimum absolute atomic E-state index is 0.222. The largest absolute Gasteiger partial charge is 0.481 e. The van der Waals surface area contributed by atoms with Crippen molar-refractivity contribution in [1.82, 2.24) is 5.32 Å². The summed E-state index contributed by atoms with van der Waals surface area (Å²) in [4.78, 5) is 22.3. The van der Waals surface area contributed by atoms with Gasteiger partial charge in [0.2, 0.25) is 5.91 Å². The van der Waals surface area contributed by atoms with Crippen LogP contribution in [0.2, 0.25) is 0 Å². The topological polar surface area (TPSA) is 92.4 Å². The Hall–Kier alpha value is -1.54. The van der Waals surface area contributed by atoms with Gasteiger partial charge in [0.25, 0.3) is 0 Å². The fraction of sp³-hybridized carbons (Fsp3) is 0.692. The summed E-state index contributed by atoms with van der Waals surface area (Å²) in [5.41, 5.74) is 5.57. The fourth-order valence-electron chi connectivity index (χ4n) is 2.21. The van der Waals surface area contributed by atoms with Crippen LogP contribution in [0.4, 0.5) is 0 Å². The second-order valence-electron chi connectivity index (χ2n) is 4.82. The molecule has 0 aromatic heterocycles. The summed E-state index contributed by atoms with van der Waals surface area (Å²) in [6.45, 7) is 0.559. The molecule has 1 aliphatic rings. The Morgan fingerprint density at radius 3 is 2.50 bits per heavy atom. The van der Waals surface area contributed by atoms with Crippen molar-refractivity contribution in [3.63, 3.8) is 0 Å². The molecule has 1 rings (SSSR count). The van der Waals surface area contributed by atoms with Crippen LogP contribution in [0, 0.1) is 24.2 Å². The van der Waals surface area contributed by atoms with Crippen molar-refractivity contribution < 1.29 is 14.7 Å². The lowest BCUT2D eigenvalue weighted by Gasteiger charge is -2.26. The number of nitrogens with one attached hydrogen (secondary N) is 1. The van der Waals surface area contributed by atoms with Gasteiger partial charge >= 0.3 is 5.97 Å². The lowest BCUT2D eigenvalue weighted by molar-refractivity contribution is -0.143. The number of terminal acetylenes is 1. The Labute approximate surface area is 107 Å². The predicted molar refractivity (Wildman–Crippen MR) is 67.5 cm³/mol. The number of carbonyl (C=O) groups excluding carboxylic acids is 1. The monoisotopic (exact) mass is 252 g/mol. The molecule has 1 aliphatic carbocycles. The van der Waals surface area contributed by atoms with E-state index in [2.05, 4.69) is 11.2 Å². The summed E-state index contributed by atoms with van der Waals surface area (Å²) in [5, 5.41) is 11.6. The zero-order valence-electron chi connectivity index (χ0n) is 10.4. The van der Waals surface area contributed by atoms with E-state index in [1.165, 1.54) is 0 Å². The van der Waals surface area contributed by atoms with Gasteiger partial charge in [-0.2, -0.15) is 0 Å². The van der Waals surface area contributed by atoms with Gasteiger partial charge in [-0.3, -0.25) is 9.59 Å². The van der Waals surface area contributed by atoms with Crippen LogP contribution in [0.5, 0.6) is 0 Å². The van der Waals surface area contributed by atoms with Gasteiger partial charge in [0.15, 0.2) is 0 Å². The normalized spacial score (nSPS) is 24.9. The van der Waals surface area contributed by atoms with Crippen LogP contribution in [0.25, 0.3) is 0 Å². The average Bonchev–Trinajstić information content (AvgIpc) is 2.36. The van der Waals surface area contributed by atoms with E-state index in [4.69, 9.17) is 17.3 Å². The van der Waals surface area contributed by atoms with E-state index in [9.17, 15) is 9.59 Å². The van der Waals surface area contributed by atoms with Gasteiger partial charge in [0.1, 0.15) is 0 Å². The summed E-state index contributed by atoms with van der Waals surface area (Å²) in [5.74, 6) is 1.54. The van der Waals surface area contributed by atoms with E-state index in [1.54, 1.807) is 0 Å². The number of carboxylic acids is 1. The number of hydrogen-bond donors (Lipinski definition) is 3. The Morgan fingerprint density at radius 2 is 2.00 bits per heavy atom. The third-order valence-electron chi connectivity index (χ3n) is 3.44. The molecule has 5 heteroatoms. The molecular formula is C13H20N2O3. The van der Waals surface area contributed by atoms with Gasteiger partial charge in [-0.05, 0) is 31.6 Å². The third kappa shape index (κ3) is 4.38. The standard InChI is InChI=1S/C13H20N2O3/c1-2-3-11(14)12(16)15-8-9-4-6-10(7-5-9)13(17)18/h1,9-11H,3-8,14H2,(H,15,16)(H,17,18). The SMILES string of the molecule is C#CCC(N)C(=O)NCC1CCC(C(=O)O)CC1. The van der Waals surface area contributed by atoms with Gasteiger partial charge < -0.3 is 16.2 Å². The van der Waals surface area contributed by atoms with Crippen molar-refractivity contribution in [2.24, 2.45) is 17.6 Å². The van der Waals surface area contributed by atoms with Crippen LogP contribution < -0.4 is 11.1 Å². The highest BCUT2D eigenvalue weighted by molar-refractivity contribution is 5.81. The van der Waals surface area contributed by atoms with Gasteiger partial charge in [-0.25, -0.2) is 0 Å². The summed E-state index contributed by atoms with van der Waals surface area (Å²) >= 11 is 0. The van der Waals surface area contributed by atoms with Gasteiger partial charge in [0, 0.05) is 13.0 Å². The minimum atomic E-state index is -0.714. The molecule has 0 bridgehead atoms. The second-order valence-corrected chi connectivity index (χ2v) is 4.82. The first kappa shape index (κ1) is 14.5. The maximum Gasteiger partial charge on any atom is 0.306 e. The molecule has 0 saturated heterocycles. The van der Waals surface area contributed by atoms with Crippen LogP contribution in [-0.2, 0) is 9.59 Å². The molecule has 100 valence electrons. The molecule has 5 nitrogen and oxygen atoms in total. The van der Waals surface area contributed by atoms with Gasteiger partial charge in [-0.15, -0.1) is 12.3 Å². The zero-order valence-corrected chi connectivity index (χ0v) is 10.4. The van der Waals surface area contributed by atoms with Crippen LogP contribution in [0.15, 0.2) is 0 Å². The van der Waals surface area contributed by atoms with Crippen LogP contribution in [0.1, 0.15) is 32.1 Å². The Kier molecular flexibility index (Phi) is 5.66. The molecule has 1 saturated carbocycles. The van der Waals surface area contributed by atoms with Crippen molar-refractivity contribution in [3.8, 4) is 12.3 Å². The number of carbonyl (C=O) groups is 2. The maximum atomic E-state index is 11.5. The molecule has 0 aromatic carbocycles. The highest BCUT2D eigenvalue weighted by Crippen LogP contribution is 2.28. The number of carboxylic acid groups (broad SMARTS) is 1. The summed E-state index contributed by atoms with van der Waals surface area (Å²) in [7, 11) is 0. The number of rotatable bonds is 5. The molecular weight excluding hydrogens is 232 g/mol. The predicted octanol–water partition coefficient (Wildman–Crippen LogP) is 0.344.